The van der Waals surface area contributed by atoms with Crippen molar-refractivity contribution in [2.45, 2.75) is 45.4 Å². The predicted molar refractivity (Wildman–Crippen MR) is 164 cm³/mol. The summed E-state index contributed by atoms with van der Waals surface area (Å²) in [5.41, 5.74) is 2.49. The molecule has 0 spiro atoms. The molecule has 1 atom stereocenters. The minimum atomic E-state index is -0.324. The molecule has 0 saturated carbocycles. The molecule has 5 rings (SSSR count). The molecule has 1 aliphatic rings. The third-order valence-electron chi connectivity index (χ3n) is 7.17. The first-order chi connectivity index (χ1) is 20.3. The lowest BCUT2D eigenvalue weighted by Gasteiger charge is -2.25. The van der Waals surface area contributed by atoms with E-state index in [1.54, 1.807) is 48.5 Å². The topological polar surface area (TPSA) is 88.6 Å². The Kier molecular flexibility index (Phi) is 9.19. The van der Waals surface area contributed by atoms with Crippen LogP contribution in [0.4, 0.5) is 21.6 Å². The molecule has 2 N–H and O–H groups in total. The highest BCUT2D eigenvalue weighted by Crippen LogP contribution is 2.38. The first-order valence-corrected chi connectivity index (χ1v) is 14.2. The molecule has 10 heteroatoms. The number of hydrogen-bond donors (Lipinski definition) is 2. The number of fused-ring (bicyclic) bond motifs is 1. The molecule has 1 fully saturated rings. The lowest BCUT2D eigenvalue weighted by Crippen LogP contribution is -2.34. The van der Waals surface area contributed by atoms with Crippen molar-refractivity contribution < 1.29 is 18.7 Å². The molecule has 0 aliphatic carbocycles. The van der Waals surface area contributed by atoms with Crippen LogP contribution >= 0.6 is 11.6 Å². The van der Waals surface area contributed by atoms with Gasteiger partial charge in [-0.2, -0.15) is 0 Å². The number of likely N-dealkylation sites (tertiary alicyclic amines) is 1. The summed E-state index contributed by atoms with van der Waals surface area (Å²) in [5, 5.41) is 7.20. The molecule has 1 aliphatic heterocycles. The van der Waals surface area contributed by atoms with Crippen molar-refractivity contribution in [2.24, 2.45) is 0 Å². The van der Waals surface area contributed by atoms with E-state index in [1.165, 1.54) is 25.6 Å². The van der Waals surface area contributed by atoms with Crippen LogP contribution < -0.4 is 20.1 Å². The number of carbonyl (C=O) groups is 1. The number of nitrogens with zero attached hydrogens (tertiary/aromatic N) is 3. The van der Waals surface area contributed by atoms with Gasteiger partial charge < -0.3 is 20.1 Å². The van der Waals surface area contributed by atoms with Gasteiger partial charge in [0.15, 0.2) is 5.75 Å². The van der Waals surface area contributed by atoms with E-state index in [-0.39, 0.29) is 24.4 Å². The highest BCUT2D eigenvalue weighted by Gasteiger charge is 2.24. The normalized spacial score (nSPS) is 15.4. The number of halogens is 2. The van der Waals surface area contributed by atoms with Crippen molar-refractivity contribution in [2.75, 3.05) is 24.3 Å². The van der Waals surface area contributed by atoms with Crippen LogP contribution in [0.2, 0.25) is 5.02 Å². The molecule has 0 unspecified atom stereocenters. The summed E-state index contributed by atoms with van der Waals surface area (Å²) in [6.45, 7) is 5.56. The van der Waals surface area contributed by atoms with Gasteiger partial charge in [-0.1, -0.05) is 29.8 Å². The van der Waals surface area contributed by atoms with Crippen molar-refractivity contribution in [3.8, 4) is 11.5 Å². The monoisotopic (exact) mass is 589 g/mol. The van der Waals surface area contributed by atoms with Gasteiger partial charge in [0.2, 0.25) is 5.91 Å². The number of anilines is 3. The summed E-state index contributed by atoms with van der Waals surface area (Å²) in [5.74, 6) is 0.809. The van der Waals surface area contributed by atoms with Crippen molar-refractivity contribution in [1.29, 1.82) is 0 Å². The molecular formula is C32H33ClFN5O3. The van der Waals surface area contributed by atoms with Crippen molar-refractivity contribution in [1.82, 2.24) is 14.9 Å². The number of aromatic nitrogens is 2. The SMILES string of the molecule is COc1c(NC(=O)/C=C/[C@H]2CCCN2C(C)C)ccc2ncnc(Nc3ccc(OCc4cccc(F)c4)c(Cl)c3)c12. The third kappa shape index (κ3) is 6.80. The quantitative estimate of drug-likeness (QED) is 0.190. The number of rotatable bonds is 10. The summed E-state index contributed by atoms with van der Waals surface area (Å²) in [6, 6.07) is 15.7. The van der Waals surface area contributed by atoms with E-state index in [2.05, 4.69) is 39.3 Å². The Balaban J connectivity index is 1.34. The van der Waals surface area contributed by atoms with Gasteiger partial charge >= 0.3 is 0 Å². The van der Waals surface area contributed by atoms with Crippen LogP contribution in [0.3, 0.4) is 0 Å². The van der Waals surface area contributed by atoms with E-state index in [1.807, 2.05) is 6.08 Å². The second-order valence-corrected chi connectivity index (χ2v) is 10.7. The maximum atomic E-state index is 13.5. The van der Waals surface area contributed by atoms with Crippen LogP contribution in [0.25, 0.3) is 10.9 Å². The number of methoxy groups -OCH3 is 1. The number of carbonyl (C=O) groups excluding carboxylic acids is 1. The largest absolute Gasteiger partial charge is 0.494 e. The highest BCUT2D eigenvalue weighted by atomic mass is 35.5. The predicted octanol–water partition coefficient (Wildman–Crippen LogP) is 7.12. The molecule has 1 aromatic heterocycles. The number of benzene rings is 3. The van der Waals surface area contributed by atoms with E-state index in [0.29, 0.717) is 56.2 Å². The summed E-state index contributed by atoms with van der Waals surface area (Å²) in [6.07, 6.45) is 7.18. The Morgan fingerprint density at radius 2 is 2.05 bits per heavy atom. The maximum Gasteiger partial charge on any atom is 0.248 e. The molecule has 4 aromatic rings. The van der Waals surface area contributed by atoms with Gasteiger partial charge in [-0.05, 0) is 81.3 Å². The number of hydrogen-bond acceptors (Lipinski definition) is 7. The van der Waals surface area contributed by atoms with Gasteiger partial charge in [0.05, 0.1) is 28.7 Å². The van der Waals surface area contributed by atoms with Gasteiger partial charge in [0.25, 0.3) is 0 Å². The molecule has 1 saturated heterocycles. The number of nitrogens with one attached hydrogen (secondary N) is 2. The van der Waals surface area contributed by atoms with E-state index in [0.717, 1.165) is 19.4 Å². The Bertz CT molecular complexity index is 1610. The van der Waals surface area contributed by atoms with Crippen molar-refractivity contribution in [3.63, 3.8) is 0 Å². The lowest BCUT2D eigenvalue weighted by atomic mass is 10.1. The second-order valence-electron chi connectivity index (χ2n) is 10.3. The van der Waals surface area contributed by atoms with E-state index < -0.39 is 0 Å². The minimum Gasteiger partial charge on any atom is -0.494 e. The minimum absolute atomic E-state index is 0.179. The lowest BCUT2D eigenvalue weighted by molar-refractivity contribution is -0.112. The smallest absolute Gasteiger partial charge is 0.248 e. The number of amides is 1. The summed E-state index contributed by atoms with van der Waals surface area (Å²) < 4.78 is 25.0. The van der Waals surface area contributed by atoms with Gasteiger partial charge in [0, 0.05) is 23.8 Å². The molecule has 218 valence electrons. The van der Waals surface area contributed by atoms with Crippen LogP contribution in [0.15, 0.2) is 73.1 Å². The zero-order valence-electron chi connectivity index (χ0n) is 23.7. The molecule has 0 radical (unpaired) electrons. The van der Waals surface area contributed by atoms with E-state index in [9.17, 15) is 9.18 Å². The van der Waals surface area contributed by atoms with Crippen LogP contribution in [0.5, 0.6) is 11.5 Å². The Morgan fingerprint density at radius 3 is 2.81 bits per heavy atom. The first-order valence-electron chi connectivity index (χ1n) is 13.8. The van der Waals surface area contributed by atoms with E-state index in [4.69, 9.17) is 21.1 Å². The summed E-state index contributed by atoms with van der Waals surface area (Å²) in [4.78, 5) is 24.1. The molecule has 1 amide bonds. The fraction of sp³-hybridized carbons (Fsp3) is 0.281. The molecule has 2 heterocycles. The van der Waals surface area contributed by atoms with Gasteiger partial charge in [-0.15, -0.1) is 0 Å². The Labute approximate surface area is 249 Å². The Morgan fingerprint density at radius 1 is 1.19 bits per heavy atom. The zero-order valence-corrected chi connectivity index (χ0v) is 24.5. The van der Waals surface area contributed by atoms with Crippen LogP contribution in [0.1, 0.15) is 32.3 Å². The standard InChI is InChI=1S/C32H33ClFN5O3/c1-20(2)39-15-5-8-24(39)10-14-29(40)38-27-12-11-26-30(31(27)41-3)32(36-19-35-26)37-23-9-13-28(25(33)17-23)42-18-21-6-4-7-22(34)16-21/h4,6-7,9-14,16-17,19-20,24H,5,8,15,18H2,1-3H3,(H,38,40)(H,35,36,37)/b14-10+/t24-/m1/s1. The zero-order chi connectivity index (χ0) is 29.6. The van der Waals surface area contributed by atoms with E-state index >= 15 is 0 Å². The van der Waals surface area contributed by atoms with Crippen molar-refractivity contribution >= 4 is 45.6 Å². The Hall–Kier alpha value is -4.21. The first kappa shape index (κ1) is 29.3. The van der Waals surface area contributed by atoms with Gasteiger partial charge in [-0.3, -0.25) is 9.69 Å². The van der Waals surface area contributed by atoms with Crippen molar-refractivity contribution in [3.05, 3.63) is 89.5 Å². The summed E-state index contributed by atoms with van der Waals surface area (Å²) >= 11 is 6.50. The van der Waals surface area contributed by atoms with Crippen LogP contribution in [-0.4, -0.2) is 46.5 Å². The van der Waals surface area contributed by atoms with Gasteiger partial charge in [-0.25, -0.2) is 14.4 Å². The molecule has 8 nitrogen and oxygen atoms in total. The molecule has 3 aromatic carbocycles. The third-order valence-corrected chi connectivity index (χ3v) is 7.47. The summed E-state index contributed by atoms with van der Waals surface area (Å²) in [7, 11) is 1.54. The fourth-order valence-corrected chi connectivity index (χ4v) is 5.42. The number of ether oxygens (including phenoxy) is 2. The fourth-order valence-electron chi connectivity index (χ4n) is 5.18. The highest BCUT2D eigenvalue weighted by molar-refractivity contribution is 6.32. The van der Waals surface area contributed by atoms with Crippen LogP contribution in [-0.2, 0) is 11.4 Å². The molecule has 42 heavy (non-hydrogen) atoms. The van der Waals surface area contributed by atoms with Crippen LogP contribution in [0, 0.1) is 5.82 Å². The maximum absolute atomic E-state index is 13.5. The van der Waals surface area contributed by atoms with Gasteiger partial charge in [0.1, 0.15) is 30.3 Å². The average Bonchev–Trinajstić information content (AvgIpc) is 3.45. The average molecular weight is 590 g/mol. The second kappa shape index (κ2) is 13.2. The molecular weight excluding hydrogens is 557 g/mol. The molecule has 0 bridgehead atoms.